The molecule has 1 N–H and O–H groups in total. The first-order valence-corrected chi connectivity index (χ1v) is 7.40. The molecule has 0 saturated heterocycles. The number of hydrogen-bond donors (Lipinski definition) is 1. The van der Waals surface area contributed by atoms with Gasteiger partial charge >= 0.3 is 0 Å². The second-order valence-electron chi connectivity index (χ2n) is 5.26. The molecule has 1 aromatic carbocycles. The van der Waals surface area contributed by atoms with Crippen LogP contribution in [0, 0.1) is 0 Å². The number of fused-ring (bicyclic) bond motifs is 1. The lowest BCUT2D eigenvalue weighted by atomic mass is 9.87. The second kappa shape index (κ2) is 6.76. The van der Waals surface area contributed by atoms with Crippen LogP contribution in [0.25, 0.3) is 0 Å². The van der Waals surface area contributed by atoms with E-state index in [0.717, 1.165) is 24.3 Å². The van der Waals surface area contributed by atoms with Gasteiger partial charge in [-0.25, -0.2) is 0 Å². The standard InChI is InChI=1S/C17H25NO/c1-4-13(3)12-19-15-9-10-16-14(11-15)7-6-8-17(16)18-5-2/h9-11,17-18H,3-8,12H2,1-2H3. The molecule has 2 nitrogen and oxygen atoms in total. The molecule has 1 aliphatic carbocycles. The Morgan fingerprint density at radius 2 is 2.26 bits per heavy atom. The summed E-state index contributed by atoms with van der Waals surface area (Å²) in [6.07, 6.45) is 4.65. The van der Waals surface area contributed by atoms with Crippen LogP contribution < -0.4 is 10.1 Å². The van der Waals surface area contributed by atoms with Crippen molar-refractivity contribution < 1.29 is 4.74 Å². The van der Waals surface area contributed by atoms with Gasteiger partial charge in [-0.15, -0.1) is 0 Å². The van der Waals surface area contributed by atoms with Crippen molar-refractivity contribution in [2.45, 2.75) is 45.6 Å². The number of benzene rings is 1. The highest BCUT2D eigenvalue weighted by atomic mass is 16.5. The van der Waals surface area contributed by atoms with Crippen molar-refractivity contribution in [2.75, 3.05) is 13.2 Å². The van der Waals surface area contributed by atoms with Crippen molar-refractivity contribution in [3.8, 4) is 5.75 Å². The zero-order valence-electron chi connectivity index (χ0n) is 12.2. The SMILES string of the molecule is C=C(CC)COc1ccc2c(c1)CCCC2NCC. The second-order valence-corrected chi connectivity index (χ2v) is 5.26. The van der Waals surface area contributed by atoms with E-state index in [2.05, 4.69) is 43.9 Å². The first kappa shape index (κ1) is 14.1. The molecule has 1 atom stereocenters. The van der Waals surface area contributed by atoms with Gasteiger partial charge in [0.2, 0.25) is 0 Å². The minimum atomic E-state index is 0.522. The summed E-state index contributed by atoms with van der Waals surface area (Å²) in [5.41, 5.74) is 4.04. The molecule has 0 fully saturated rings. The van der Waals surface area contributed by atoms with Crippen LogP contribution in [0.2, 0.25) is 0 Å². The minimum Gasteiger partial charge on any atom is -0.489 e. The lowest BCUT2D eigenvalue weighted by molar-refractivity contribution is 0.347. The van der Waals surface area contributed by atoms with Gasteiger partial charge in [-0.05, 0) is 61.1 Å². The Labute approximate surface area is 116 Å². The van der Waals surface area contributed by atoms with E-state index in [1.807, 2.05) is 0 Å². The molecule has 19 heavy (non-hydrogen) atoms. The third-order valence-corrected chi connectivity index (χ3v) is 3.82. The molecule has 104 valence electrons. The van der Waals surface area contributed by atoms with E-state index in [0.29, 0.717) is 12.6 Å². The minimum absolute atomic E-state index is 0.522. The number of rotatable bonds is 6. The molecule has 2 heteroatoms. The molecule has 0 aliphatic heterocycles. The van der Waals surface area contributed by atoms with Gasteiger partial charge in [-0.1, -0.05) is 26.5 Å². The lowest BCUT2D eigenvalue weighted by Crippen LogP contribution is -2.24. The highest BCUT2D eigenvalue weighted by molar-refractivity contribution is 5.39. The summed E-state index contributed by atoms with van der Waals surface area (Å²) >= 11 is 0. The van der Waals surface area contributed by atoms with Crippen molar-refractivity contribution in [1.82, 2.24) is 5.32 Å². The summed E-state index contributed by atoms with van der Waals surface area (Å²) in [6.45, 7) is 9.91. The maximum absolute atomic E-state index is 5.80. The van der Waals surface area contributed by atoms with Crippen molar-refractivity contribution >= 4 is 0 Å². The van der Waals surface area contributed by atoms with Crippen molar-refractivity contribution in [1.29, 1.82) is 0 Å². The van der Waals surface area contributed by atoms with Crippen LogP contribution in [0.5, 0.6) is 5.75 Å². The van der Waals surface area contributed by atoms with Crippen molar-refractivity contribution in [3.63, 3.8) is 0 Å². The van der Waals surface area contributed by atoms with E-state index in [4.69, 9.17) is 4.74 Å². The summed E-state index contributed by atoms with van der Waals surface area (Å²) in [6, 6.07) is 7.05. The molecule has 0 amide bonds. The maximum atomic E-state index is 5.80. The van der Waals surface area contributed by atoms with E-state index in [-0.39, 0.29) is 0 Å². The van der Waals surface area contributed by atoms with E-state index >= 15 is 0 Å². The lowest BCUT2D eigenvalue weighted by Gasteiger charge is -2.26. The van der Waals surface area contributed by atoms with Crippen LogP contribution in [-0.2, 0) is 6.42 Å². The maximum Gasteiger partial charge on any atom is 0.120 e. The van der Waals surface area contributed by atoms with E-state index in [9.17, 15) is 0 Å². The highest BCUT2D eigenvalue weighted by Gasteiger charge is 2.19. The molecule has 0 aromatic heterocycles. The Kier molecular flexibility index (Phi) is 5.03. The van der Waals surface area contributed by atoms with Gasteiger partial charge in [0.05, 0.1) is 0 Å². The van der Waals surface area contributed by atoms with Gasteiger partial charge < -0.3 is 10.1 Å². The number of ether oxygens (including phenoxy) is 1. The van der Waals surface area contributed by atoms with E-state index in [1.165, 1.54) is 30.4 Å². The largest absolute Gasteiger partial charge is 0.489 e. The summed E-state index contributed by atoms with van der Waals surface area (Å²) in [4.78, 5) is 0. The Morgan fingerprint density at radius 1 is 1.42 bits per heavy atom. The molecule has 1 aromatic rings. The summed E-state index contributed by atoms with van der Waals surface area (Å²) in [5, 5.41) is 3.56. The van der Waals surface area contributed by atoms with Crippen LogP contribution in [0.15, 0.2) is 30.4 Å². The molecule has 0 heterocycles. The third kappa shape index (κ3) is 3.60. The molecule has 0 saturated carbocycles. The molecular formula is C17H25NO. The zero-order chi connectivity index (χ0) is 13.7. The van der Waals surface area contributed by atoms with Gasteiger partial charge in [-0.2, -0.15) is 0 Å². The Bertz CT molecular complexity index is 439. The number of hydrogen-bond acceptors (Lipinski definition) is 2. The van der Waals surface area contributed by atoms with E-state index in [1.54, 1.807) is 0 Å². The van der Waals surface area contributed by atoms with Crippen molar-refractivity contribution in [3.05, 3.63) is 41.5 Å². The van der Waals surface area contributed by atoms with Crippen LogP contribution in [0.1, 0.15) is 50.3 Å². The zero-order valence-corrected chi connectivity index (χ0v) is 12.2. The fourth-order valence-electron chi connectivity index (χ4n) is 2.63. The normalized spacial score (nSPS) is 17.9. The van der Waals surface area contributed by atoms with Crippen molar-refractivity contribution in [2.24, 2.45) is 0 Å². The predicted octanol–water partition coefficient (Wildman–Crippen LogP) is 4.02. The highest BCUT2D eigenvalue weighted by Crippen LogP contribution is 2.32. The summed E-state index contributed by atoms with van der Waals surface area (Å²) in [5.74, 6) is 0.977. The monoisotopic (exact) mass is 259 g/mol. The average Bonchev–Trinajstić information content (AvgIpc) is 2.45. The van der Waals surface area contributed by atoms with Gasteiger partial charge in [0.15, 0.2) is 0 Å². The van der Waals surface area contributed by atoms with Crippen LogP contribution in [0.4, 0.5) is 0 Å². The number of nitrogens with one attached hydrogen (secondary N) is 1. The van der Waals surface area contributed by atoms with Crippen LogP contribution >= 0.6 is 0 Å². The fourth-order valence-corrected chi connectivity index (χ4v) is 2.63. The van der Waals surface area contributed by atoms with Gasteiger partial charge in [-0.3, -0.25) is 0 Å². The fraction of sp³-hybridized carbons (Fsp3) is 0.529. The molecule has 1 unspecified atom stereocenters. The molecule has 0 radical (unpaired) electrons. The Morgan fingerprint density at radius 3 is 3.00 bits per heavy atom. The predicted molar refractivity (Wildman–Crippen MR) is 80.7 cm³/mol. The van der Waals surface area contributed by atoms with Crippen LogP contribution in [-0.4, -0.2) is 13.2 Å². The molecule has 0 spiro atoms. The first-order valence-electron chi connectivity index (χ1n) is 7.40. The summed E-state index contributed by atoms with van der Waals surface area (Å²) in [7, 11) is 0. The smallest absolute Gasteiger partial charge is 0.120 e. The summed E-state index contributed by atoms with van der Waals surface area (Å²) < 4.78 is 5.80. The van der Waals surface area contributed by atoms with Gasteiger partial charge in [0.25, 0.3) is 0 Å². The van der Waals surface area contributed by atoms with Gasteiger partial charge in [0, 0.05) is 6.04 Å². The molecular weight excluding hydrogens is 234 g/mol. The molecule has 1 aliphatic rings. The van der Waals surface area contributed by atoms with Gasteiger partial charge in [0.1, 0.15) is 12.4 Å². The quantitative estimate of drug-likeness (QED) is 0.779. The Balaban J connectivity index is 2.08. The average molecular weight is 259 g/mol. The van der Waals surface area contributed by atoms with Crippen LogP contribution in [0.3, 0.4) is 0 Å². The van der Waals surface area contributed by atoms with E-state index < -0.39 is 0 Å². The molecule has 0 bridgehead atoms. The number of aryl methyl sites for hydroxylation is 1. The third-order valence-electron chi connectivity index (χ3n) is 3.82. The molecule has 2 rings (SSSR count). The Hall–Kier alpha value is -1.28. The first-order chi connectivity index (χ1) is 9.24. The topological polar surface area (TPSA) is 21.3 Å².